The summed E-state index contributed by atoms with van der Waals surface area (Å²) in [5, 5.41) is 14.5. The van der Waals surface area contributed by atoms with Crippen LogP contribution >= 0.6 is 0 Å². The molecule has 0 radical (unpaired) electrons. The van der Waals surface area contributed by atoms with Crippen LogP contribution in [0.15, 0.2) is 60.7 Å². The Morgan fingerprint density at radius 1 is 0.968 bits per heavy atom. The van der Waals surface area contributed by atoms with E-state index in [1.54, 1.807) is 4.90 Å². The molecule has 0 heterocycles. The molecule has 0 saturated heterocycles. The van der Waals surface area contributed by atoms with Crippen LogP contribution in [0.5, 0.6) is 0 Å². The minimum atomic E-state index is -0.741. The van der Waals surface area contributed by atoms with Crippen LogP contribution < -0.4 is 5.32 Å². The quantitative estimate of drug-likeness (QED) is 0.581. The summed E-state index contributed by atoms with van der Waals surface area (Å²) in [6.07, 6.45) is -0.618. The lowest BCUT2D eigenvalue weighted by atomic mass is 9.98. The Labute approximate surface area is 187 Å². The van der Waals surface area contributed by atoms with Crippen molar-refractivity contribution in [2.24, 2.45) is 5.92 Å². The molecule has 2 atom stereocenters. The van der Waals surface area contributed by atoms with Crippen molar-refractivity contribution in [3.63, 3.8) is 0 Å². The zero-order valence-electron chi connectivity index (χ0n) is 19.5. The summed E-state index contributed by atoms with van der Waals surface area (Å²) < 4.78 is 5.74. The summed E-state index contributed by atoms with van der Waals surface area (Å²) in [4.78, 5) is 14.9. The van der Waals surface area contributed by atoms with Gasteiger partial charge in [0.05, 0.1) is 12.1 Å². The van der Waals surface area contributed by atoms with Crippen molar-refractivity contribution in [3.05, 3.63) is 71.8 Å². The fraction of sp³-hybridized carbons (Fsp3) is 0.500. The number of nitrogens with one attached hydrogen (secondary N) is 1. The minimum Gasteiger partial charge on any atom is -0.444 e. The van der Waals surface area contributed by atoms with Crippen molar-refractivity contribution in [3.8, 4) is 0 Å². The highest BCUT2D eigenvalue weighted by Gasteiger charge is 2.33. The number of carbonyl (C=O) groups is 1. The fourth-order valence-corrected chi connectivity index (χ4v) is 3.38. The van der Waals surface area contributed by atoms with Gasteiger partial charge in [-0.15, -0.1) is 0 Å². The van der Waals surface area contributed by atoms with Crippen LogP contribution in [0.1, 0.15) is 45.7 Å². The number of benzene rings is 2. The van der Waals surface area contributed by atoms with E-state index in [2.05, 4.69) is 19.2 Å². The normalized spacial score (nSPS) is 13.6. The van der Waals surface area contributed by atoms with Crippen LogP contribution in [0.3, 0.4) is 0 Å². The molecular weight excluding hydrogens is 388 g/mol. The second-order valence-electron chi connectivity index (χ2n) is 9.47. The largest absolute Gasteiger partial charge is 0.444 e. The van der Waals surface area contributed by atoms with Gasteiger partial charge in [-0.25, -0.2) is 4.79 Å². The van der Waals surface area contributed by atoms with Crippen molar-refractivity contribution in [1.29, 1.82) is 0 Å². The number of carbonyl (C=O) groups excluding carboxylic acids is 1. The number of ether oxygens (including phenoxy) is 1. The first-order chi connectivity index (χ1) is 14.7. The summed E-state index contributed by atoms with van der Waals surface area (Å²) in [7, 11) is 0. The Bertz CT molecular complexity index is 772. The monoisotopic (exact) mass is 426 g/mol. The first-order valence-corrected chi connectivity index (χ1v) is 11.1. The van der Waals surface area contributed by atoms with Crippen LogP contribution in [-0.2, 0) is 17.7 Å². The number of hydrogen-bond acceptors (Lipinski definition) is 4. The molecule has 2 N–H and O–H groups in total. The molecule has 5 heteroatoms. The average Bonchev–Trinajstić information content (AvgIpc) is 2.70. The van der Waals surface area contributed by atoms with Crippen LogP contribution in [0.25, 0.3) is 0 Å². The van der Waals surface area contributed by atoms with Crippen molar-refractivity contribution in [2.75, 3.05) is 13.1 Å². The maximum atomic E-state index is 13.3. The van der Waals surface area contributed by atoms with Crippen molar-refractivity contribution in [2.45, 2.75) is 65.3 Å². The molecule has 5 nitrogen and oxygen atoms in total. The van der Waals surface area contributed by atoms with Crippen LogP contribution in [0.4, 0.5) is 4.79 Å². The highest BCUT2D eigenvalue weighted by Crippen LogP contribution is 2.20. The van der Waals surface area contributed by atoms with Gasteiger partial charge in [0.2, 0.25) is 0 Å². The Morgan fingerprint density at radius 2 is 1.52 bits per heavy atom. The first-order valence-electron chi connectivity index (χ1n) is 11.1. The number of aliphatic hydroxyl groups is 1. The van der Waals surface area contributed by atoms with Gasteiger partial charge < -0.3 is 15.2 Å². The molecule has 2 unspecified atom stereocenters. The molecule has 31 heavy (non-hydrogen) atoms. The van der Waals surface area contributed by atoms with E-state index in [1.165, 1.54) is 0 Å². The number of rotatable bonds is 10. The molecule has 0 aliphatic carbocycles. The zero-order valence-corrected chi connectivity index (χ0v) is 19.5. The van der Waals surface area contributed by atoms with Crippen molar-refractivity contribution in [1.82, 2.24) is 10.2 Å². The highest BCUT2D eigenvalue weighted by atomic mass is 16.6. The molecule has 0 aliphatic rings. The van der Waals surface area contributed by atoms with Crippen LogP contribution in [-0.4, -0.2) is 46.9 Å². The smallest absolute Gasteiger partial charge is 0.410 e. The van der Waals surface area contributed by atoms with Crippen LogP contribution in [0, 0.1) is 5.92 Å². The zero-order chi connectivity index (χ0) is 22.9. The van der Waals surface area contributed by atoms with Gasteiger partial charge >= 0.3 is 6.09 Å². The van der Waals surface area contributed by atoms with E-state index in [1.807, 2.05) is 81.4 Å². The lowest BCUT2D eigenvalue weighted by Gasteiger charge is -2.36. The molecule has 0 bridgehead atoms. The van der Waals surface area contributed by atoms with Gasteiger partial charge in [-0.3, -0.25) is 4.90 Å². The van der Waals surface area contributed by atoms with E-state index >= 15 is 0 Å². The third-order valence-corrected chi connectivity index (χ3v) is 4.86. The summed E-state index contributed by atoms with van der Waals surface area (Å²) >= 11 is 0. The summed E-state index contributed by atoms with van der Waals surface area (Å²) in [5.74, 6) is 0.478. The van der Waals surface area contributed by atoms with Gasteiger partial charge in [0.15, 0.2) is 0 Å². The topological polar surface area (TPSA) is 61.8 Å². The highest BCUT2D eigenvalue weighted by molar-refractivity contribution is 5.69. The molecule has 170 valence electrons. The maximum Gasteiger partial charge on any atom is 0.410 e. The molecule has 2 aromatic carbocycles. The third kappa shape index (κ3) is 9.11. The van der Waals surface area contributed by atoms with E-state index in [0.717, 1.165) is 17.7 Å². The Kier molecular flexibility index (Phi) is 9.53. The van der Waals surface area contributed by atoms with Crippen molar-refractivity contribution < 1.29 is 14.6 Å². The molecular formula is C26H38N2O3. The van der Waals surface area contributed by atoms with Gasteiger partial charge in [-0.1, -0.05) is 74.5 Å². The van der Waals surface area contributed by atoms with Gasteiger partial charge in [-0.2, -0.15) is 0 Å². The predicted octanol–water partition coefficient (Wildman–Crippen LogP) is 4.64. The molecule has 0 aromatic heterocycles. The van der Waals surface area contributed by atoms with E-state index in [0.29, 0.717) is 25.4 Å². The average molecular weight is 427 g/mol. The lowest BCUT2D eigenvalue weighted by Crippen LogP contribution is -2.52. The van der Waals surface area contributed by atoms with E-state index in [4.69, 9.17) is 4.74 Å². The number of aliphatic hydroxyl groups excluding tert-OH is 1. The number of hydrogen-bond donors (Lipinski definition) is 2. The van der Waals surface area contributed by atoms with E-state index in [-0.39, 0.29) is 0 Å². The molecule has 2 rings (SSSR count). The van der Waals surface area contributed by atoms with E-state index in [9.17, 15) is 9.90 Å². The van der Waals surface area contributed by atoms with Gasteiger partial charge in [0.1, 0.15) is 5.60 Å². The first kappa shape index (κ1) is 24.9. The SMILES string of the molecule is CC(C)CNCC(O)C(Cc1ccccc1)N(Cc1ccccc1)C(=O)OC(C)(C)C. The fourth-order valence-electron chi connectivity index (χ4n) is 3.38. The molecule has 1 amide bonds. The Balaban J connectivity index is 2.33. The van der Waals surface area contributed by atoms with Crippen LogP contribution in [0.2, 0.25) is 0 Å². The van der Waals surface area contributed by atoms with Crippen molar-refractivity contribution >= 4 is 6.09 Å². The molecule has 2 aromatic rings. The Morgan fingerprint density at radius 3 is 2.03 bits per heavy atom. The molecule has 0 saturated carbocycles. The van der Waals surface area contributed by atoms with Gasteiger partial charge in [0, 0.05) is 13.1 Å². The summed E-state index contributed by atoms with van der Waals surface area (Å²) in [6, 6.07) is 19.4. The molecule has 0 aliphatic heterocycles. The predicted molar refractivity (Wildman–Crippen MR) is 126 cm³/mol. The number of nitrogens with zero attached hydrogens (tertiary/aromatic N) is 1. The summed E-state index contributed by atoms with van der Waals surface area (Å²) in [5.41, 5.74) is 1.44. The van der Waals surface area contributed by atoms with Gasteiger partial charge in [0.25, 0.3) is 0 Å². The second-order valence-corrected chi connectivity index (χ2v) is 9.47. The van der Waals surface area contributed by atoms with E-state index < -0.39 is 23.8 Å². The lowest BCUT2D eigenvalue weighted by molar-refractivity contribution is -0.00854. The second kappa shape index (κ2) is 11.9. The maximum absolute atomic E-state index is 13.3. The standard InChI is InChI=1S/C26H38N2O3/c1-20(2)17-27-18-24(29)23(16-21-12-8-6-9-13-21)28(25(30)31-26(3,4)5)19-22-14-10-7-11-15-22/h6-15,20,23-24,27,29H,16-19H2,1-5H3. The molecule has 0 spiro atoms. The third-order valence-electron chi connectivity index (χ3n) is 4.86. The van der Waals surface area contributed by atoms with Gasteiger partial charge in [-0.05, 0) is 50.8 Å². The minimum absolute atomic E-state index is 0.370. The Hall–Kier alpha value is -2.37. The molecule has 0 fully saturated rings. The number of amides is 1. The summed E-state index contributed by atoms with van der Waals surface area (Å²) in [6.45, 7) is 11.4.